The molecule has 0 aliphatic heterocycles. The molecule has 0 saturated heterocycles. The Labute approximate surface area is 221 Å². The molecule has 0 aromatic heterocycles. The lowest BCUT2D eigenvalue weighted by molar-refractivity contribution is -0.119. The van der Waals surface area contributed by atoms with Crippen LogP contribution in [0.25, 0.3) is 0 Å². The summed E-state index contributed by atoms with van der Waals surface area (Å²) in [5, 5.41) is 3.28. The van der Waals surface area contributed by atoms with E-state index in [1.807, 2.05) is 6.07 Å². The van der Waals surface area contributed by atoms with E-state index in [4.69, 9.17) is 21.1 Å². The molecule has 3 aromatic rings. The maximum absolute atomic E-state index is 13.6. The Hall–Kier alpha value is -2.88. The molecule has 0 heterocycles. The van der Waals surface area contributed by atoms with Crippen LogP contribution >= 0.6 is 23.4 Å². The van der Waals surface area contributed by atoms with Gasteiger partial charge >= 0.3 is 0 Å². The maximum Gasteiger partial charge on any atom is 0.264 e. The summed E-state index contributed by atoms with van der Waals surface area (Å²) in [6.07, 6.45) is 0. The molecule has 3 rings (SSSR count). The van der Waals surface area contributed by atoms with Crippen molar-refractivity contribution in [2.75, 3.05) is 37.4 Å². The fraction of sp³-hybridized carbons (Fsp3) is 0.269. The average Bonchev–Trinajstić information content (AvgIpc) is 2.87. The van der Waals surface area contributed by atoms with E-state index in [2.05, 4.69) is 30.4 Å². The van der Waals surface area contributed by atoms with Crippen molar-refractivity contribution < 1.29 is 22.7 Å². The zero-order valence-electron chi connectivity index (χ0n) is 20.4. The van der Waals surface area contributed by atoms with Crippen molar-refractivity contribution in [1.82, 2.24) is 5.32 Å². The molecule has 0 aliphatic rings. The second kappa shape index (κ2) is 12.9. The first-order valence-electron chi connectivity index (χ1n) is 11.1. The van der Waals surface area contributed by atoms with Crippen molar-refractivity contribution >= 4 is 45.0 Å². The number of carbonyl (C=O) groups excluding carboxylic acids is 1. The highest BCUT2D eigenvalue weighted by atomic mass is 35.5. The van der Waals surface area contributed by atoms with Crippen LogP contribution in [0, 0.1) is 6.92 Å². The van der Waals surface area contributed by atoms with Gasteiger partial charge in [-0.1, -0.05) is 41.4 Å². The van der Waals surface area contributed by atoms with Crippen molar-refractivity contribution in [1.29, 1.82) is 0 Å². The Morgan fingerprint density at radius 2 is 1.72 bits per heavy atom. The van der Waals surface area contributed by atoms with E-state index in [-0.39, 0.29) is 17.2 Å². The summed E-state index contributed by atoms with van der Waals surface area (Å²) in [5.41, 5.74) is 2.75. The number of hydrogen-bond acceptors (Lipinski definition) is 6. The highest BCUT2D eigenvalue weighted by Crippen LogP contribution is 2.32. The molecule has 0 bridgehead atoms. The number of aryl methyl sites for hydroxylation is 1. The highest BCUT2D eigenvalue weighted by molar-refractivity contribution is 7.98. The van der Waals surface area contributed by atoms with E-state index in [1.54, 1.807) is 36.0 Å². The number of nitrogens with zero attached hydrogens (tertiary/aromatic N) is 1. The molecule has 0 atom stereocenters. The molecular formula is C26H29ClN2O5S2. The molecule has 1 amide bonds. The minimum absolute atomic E-state index is 0.0309. The van der Waals surface area contributed by atoms with Gasteiger partial charge < -0.3 is 14.8 Å². The van der Waals surface area contributed by atoms with E-state index in [0.717, 1.165) is 10.1 Å². The molecule has 0 saturated carbocycles. The summed E-state index contributed by atoms with van der Waals surface area (Å²) in [7, 11) is -1.21. The van der Waals surface area contributed by atoms with E-state index >= 15 is 0 Å². The minimum atomic E-state index is -4.11. The SMILES string of the molecule is COc1ccc(S(=O)(=O)N(CC(=O)NCCSCc2cccc(C)c2)c2ccc(Cl)cc2)cc1OC. The van der Waals surface area contributed by atoms with Crippen LogP contribution in [-0.4, -0.2) is 47.4 Å². The molecule has 7 nitrogen and oxygen atoms in total. The molecular weight excluding hydrogens is 520 g/mol. The third kappa shape index (κ3) is 7.32. The fourth-order valence-electron chi connectivity index (χ4n) is 3.47. The summed E-state index contributed by atoms with van der Waals surface area (Å²) in [6.45, 7) is 2.08. The summed E-state index contributed by atoms with van der Waals surface area (Å²) < 4.78 is 38.7. The van der Waals surface area contributed by atoms with E-state index in [0.29, 0.717) is 28.8 Å². The number of anilines is 1. The van der Waals surface area contributed by atoms with Crippen LogP contribution in [-0.2, 0) is 20.6 Å². The number of rotatable bonds is 12. The summed E-state index contributed by atoms with van der Waals surface area (Å²) in [4.78, 5) is 12.7. The van der Waals surface area contributed by atoms with Crippen LogP contribution in [0.5, 0.6) is 11.5 Å². The number of carbonyl (C=O) groups is 1. The summed E-state index contributed by atoms with van der Waals surface area (Å²) in [6, 6.07) is 18.9. The van der Waals surface area contributed by atoms with Crippen LogP contribution in [0.1, 0.15) is 11.1 Å². The Morgan fingerprint density at radius 1 is 1.00 bits per heavy atom. The summed E-state index contributed by atoms with van der Waals surface area (Å²) >= 11 is 7.69. The second-order valence-corrected chi connectivity index (χ2v) is 11.3. The zero-order valence-corrected chi connectivity index (χ0v) is 22.8. The molecule has 0 radical (unpaired) electrons. The third-order valence-corrected chi connectivity index (χ3v) is 8.32. The van der Waals surface area contributed by atoms with Crippen molar-refractivity contribution in [3.05, 3.63) is 82.9 Å². The minimum Gasteiger partial charge on any atom is -0.493 e. The van der Waals surface area contributed by atoms with Gasteiger partial charge in [-0.15, -0.1) is 0 Å². The lowest BCUT2D eigenvalue weighted by Gasteiger charge is -2.24. The molecule has 3 aromatic carbocycles. The topological polar surface area (TPSA) is 84.9 Å². The first-order chi connectivity index (χ1) is 17.2. The van der Waals surface area contributed by atoms with Gasteiger partial charge in [0.1, 0.15) is 6.54 Å². The van der Waals surface area contributed by atoms with Crippen LogP contribution in [0.2, 0.25) is 5.02 Å². The number of methoxy groups -OCH3 is 2. The molecule has 1 N–H and O–H groups in total. The van der Waals surface area contributed by atoms with E-state index in [1.165, 1.54) is 43.5 Å². The predicted molar refractivity (Wildman–Crippen MR) is 146 cm³/mol. The van der Waals surface area contributed by atoms with Gasteiger partial charge in [-0.2, -0.15) is 11.8 Å². The van der Waals surface area contributed by atoms with Crippen LogP contribution in [0.3, 0.4) is 0 Å². The van der Waals surface area contributed by atoms with Gasteiger partial charge in [-0.05, 0) is 48.9 Å². The van der Waals surface area contributed by atoms with Gasteiger partial charge in [0.05, 0.1) is 24.8 Å². The van der Waals surface area contributed by atoms with Crippen LogP contribution in [0.15, 0.2) is 71.6 Å². The predicted octanol–water partition coefficient (Wildman–Crippen LogP) is 4.91. The Balaban J connectivity index is 1.71. The normalized spacial score (nSPS) is 11.1. The van der Waals surface area contributed by atoms with Gasteiger partial charge in [0.2, 0.25) is 5.91 Å². The smallest absolute Gasteiger partial charge is 0.264 e. The van der Waals surface area contributed by atoms with Gasteiger partial charge in [-0.3, -0.25) is 9.10 Å². The van der Waals surface area contributed by atoms with Crippen molar-refractivity contribution in [2.45, 2.75) is 17.6 Å². The molecule has 36 heavy (non-hydrogen) atoms. The molecule has 0 aliphatic carbocycles. The first-order valence-corrected chi connectivity index (χ1v) is 14.1. The molecule has 0 fully saturated rings. The van der Waals surface area contributed by atoms with Crippen LogP contribution in [0.4, 0.5) is 5.69 Å². The standard InChI is InChI=1S/C26H29ClN2O5S2/c1-19-5-4-6-20(15-19)18-35-14-13-28-26(30)17-29(22-9-7-21(27)8-10-22)36(31,32)23-11-12-24(33-2)25(16-23)34-3/h4-12,15-16H,13-14,17-18H2,1-3H3,(H,28,30). The quantitative estimate of drug-likeness (QED) is 0.324. The fourth-order valence-corrected chi connectivity index (χ4v) is 5.84. The Bertz CT molecular complexity index is 1280. The van der Waals surface area contributed by atoms with Crippen molar-refractivity contribution in [3.8, 4) is 11.5 Å². The van der Waals surface area contributed by atoms with Crippen molar-refractivity contribution in [3.63, 3.8) is 0 Å². The third-order valence-electron chi connectivity index (χ3n) is 5.26. The average molecular weight is 549 g/mol. The Kier molecular flexibility index (Phi) is 9.92. The summed E-state index contributed by atoms with van der Waals surface area (Å²) in [5.74, 6) is 1.79. The number of hydrogen-bond donors (Lipinski definition) is 1. The first kappa shape index (κ1) is 27.7. The number of sulfonamides is 1. The number of halogens is 1. The van der Waals surface area contributed by atoms with Gasteiger partial charge in [0.15, 0.2) is 11.5 Å². The number of thioether (sulfide) groups is 1. The monoisotopic (exact) mass is 548 g/mol. The maximum atomic E-state index is 13.6. The number of nitrogens with one attached hydrogen (secondary N) is 1. The second-order valence-electron chi connectivity index (χ2n) is 7.90. The molecule has 192 valence electrons. The highest BCUT2D eigenvalue weighted by Gasteiger charge is 2.28. The van der Waals surface area contributed by atoms with E-state index in [9.17, 15) is 13.2 Å². The van der Waals surface area contributed by atoms with Crippen molar-refractivity contribution in [2.24, 2.45) is 0 Å². The number of benzene rings is 3. The number of amides is 1. The van der Waals surface area contributed by atoms with Gasteiger partial charge in [0, 0.05) is 29.1 Å². The lowest BCUT2D eigenvalue weighted by Crippen LogP contribution is -2.41. The molecule has 0 unspecified atom stereocenters. The zero-order chi connectivity index (χ0) is 26.1. The molecule has 10 heteroatoms. The molecule has 0 spiro atoms. The van der Waals surface area contributed by atoms with Gasteiger partial charge in [0.25, 0.3) is 10.0 Å². The largest absolute Gasteiger partial charge is 0.493 e. The Morgan fingerprint density at radius 3 is 2.39 bits per heavy atom. The van der Waals surface area contributed by atoms with E-state index < -0.39 is 15.9 Å². The number of ether oxygens (including phenoxy) is 2. The van der Waals surface area contributed by atoms with Gasteiger partial charge in [-0.25, -0.2) is 8.42 Å². The van der Waals surface area contributed by atoms with Crippen LogP contribution < -0.4 is 19.1 Å². The lowest BCUT2D eigenvalue weighted by atomic mass is 10.2.